The topological polar surface area (TPSA) is 84.5 Å². The maximum atomic E-state index is 12.6. The van der Waals surface area contributed by atoms with Gasteiger partial charge in [-0.2, -0.15) is 0 Å². The Bertz CT molecular complexity index is 1310. The van der Waals surface area contributed by atoms with Gasteiger partial charge in [-0.3, -0.25) is 9.52 Å². The molecule has 0 aliphatic carbocycles. The number of carbonyl (C=O) groups is 1. The highest BCUT2D eigenvalue weighted by atomic mass is 35.5. The maximum Gasteiger partial charge on any atom is 0.261 e. The van der Waals surface area contributed by atoms with E-state index in [2.05, 4.69) is 29.1 Å². The summed E-state index contributed by atoms with van der Waals surface area (Å²) in [6, 6.07) is 14.3. The van der Waals surface area contributed by atoms with E-state index in [1.165, 1.54) is 23.8 Å². The summed E-state index contributed by atoms with van der Waals surface area (Å²) in [5.74, 6) is -0.112. The third-order valence-electron chi connectivity index (χ3n) is 5.40. The number of hydrogen-bond acceptors (Lipinski definition) is 4. The number of carbonyl (C=O) groups excluding carboxylic acids is 1. The van der Waals surface area contributed by atoms with Gasteiger partial charge >= 0.3 is 0 Å². The summed E-state index contributed by atoms with van der Waals surface area (Å²) < 4.78 is 33.3. The van der Waals surface area contributed by atoms with Crippen LogP contribution in [0.1, 0.15) is 35.2 Å². The molecule has 0 aliphatic heterocycles. The first-order chi connectivity index (χ1) is 16.0. The molecule has 0 saturated carbocycles. The number of sulfonamides is 1. The van der Waals surface area contributed by atoms with Crippen molar-refractivity contribution >= 4 is 44.8 Å². The number of rotatable bonds is 8. The molecule has 0 saturated heterocycles. The number of benzene rings is 3. The first-order valence-electron chi connectivity index (χ1n) is 10.5. The highest BCUT2D eigenvalue weighted by molar-refractivity contribution is 7.92. The fourth-order valence-electron chi connectivity index (χ4n) is 3.45. The lowest BCUT2D eigenvalue weighted by atomic mass is 9.96. The number of hydrogen-bond donors (Lipinski definition) is 2. The van der Waals surface area contributed by atoms with Gasteiger partial charge in [0.1, 0.15) is 5.75 Å². The first-order valence-corrected chi connectivity index (χ1v) is 12.8. The quantitative estimate of drug-likeness (QED) is 0.382. The van der Waals surface area contributed by atoms with E-state index in [9.17, 15) is 13.2 Å². The van der Waals surface area contributed by atoms with E-state index in [1.54, 1.807) is 24.3 Å². The van der Waals surface area contributed by atoms with Crippen molar-refractivity contribution in [2.45, 2.75) is 38.6 Å². The molecule has 0 aromatic heterocycles. The van der Waals surface area contributed by atoms with Crippen molar-refractivity contribution in [3.05, 3.63) is 86.9 Å². The molecule has 2 N–H and O–H groups in total. The molecule has 6 nitrogen and oxygen atoms in total. The molecular weight excluding hydrogens is 495 g/mol. The molecule has 0 aliphatic rings. The van der Waals surface area contributed by atoms with Crippen LogP contribution in [0, 0.1) is 20.8 Å². The van der Waals surface area contributed by atoms with Crippen molar-refractivity contribution in [1.29, 1.82) is 0 Å². The van der Waals surface area contributed by atoms with Crippen LogP contribution in [0.4, 0.5) is 5.69 Å². The lowest BCUT2D eigenvalue weighted by Gasteiger charge is -2.19. The Morgan fingerprint density at radius 1 is 0.941 bits per heavy atom. The first kappa shape index (κ1) is 25.9. The number of amides is 1. The Labute approximate surface area is 210 Å². The van der Waals surface area contributed by atoms with Crippen LogP contribution >= 0.6 is 23.2 Å². The predicted octanol–water partition coefficient (Wildman–Crippen LogP) is 5.98. The SMILES string of the molecule is Cc1cc(C)c([C@@H](C)NC(=O)COc2ccc(S(=O)(=O)Nc3ccc(Cl)cc3)cc2Cl)cc1C. The van der Waals surface area contributed by atoms with Crippen molar-refractivity contribution < 1.29 is 17.9 Å². The van der Waals surface area contributed by atoms with Crippen LogP contribution in [0.5, 0.6) is 5.75 Å². The molecule has 0 spiro atoms. The molecule has 1 atom stereocenters. The third-order valence-corrected chi connectivity index (χ3v) is 7.32. The summed E-state index contributed by atoms with van der Waals surface area (Å²) >= 11 is 12.1. The van der Waals surface area contributed by atoms with Gasteiger partial charge in [0.15, 0.2) is 6.61 Å². The molecule has 0 radical (unpaired) electrons. The Hall–Kier alpha value is -2.74. The Morgan fingerprint density at radius 2 is 1.59 bits per heavy atom. The van der Waals surface area contributed by atoms with Crippen molar-refractivity contribution in [3.8, 4) is 5.75 Å². The second kappa shape index (κ2) is 10.7. The van der Waals surface area contributed by atoms with Gasteiger partial charge in [0.25, 0.3) is 15.9 Å². The van der Waals surface area contributed by atoms with Gasteiger partial charge in [0.05, 0.1) is 16.0 Å². The minimum absolute atomic E-state index is 0.0388. The summed E-state index contributed by atoms with van der Waals surface area (Å²) in [6.07, 6.45) is 0. The standard InChI is InChI=1S/C25H26Cl2N2O4S/c1-15-11-17(3)22(12-16(15)2)18(4)28-25(30)14-33-24-10-9-21(13-23(24)27)34(31,32)29-20-7-5-19(26)6-8-20/h5-13,18,29H,14H2,1-4H3,(H,28,30)/t18-/m1/s1. The van der Waals surface area contributed by atoms with Crippen LogP contribution in [-0.4, -0.2) is 20.9 Å². The molecule has 3 aromatic rings. The van der Waals surface area contributed by atoms with E-state index in [-0.39, 0.29) is 34.2 Å². The van der Waals surface area contributed by atoms with Gasteiger partial charge < -0.3 is 10.1 Å². The van der Waals surface area contributed by atoms with E-state index in [1.807, 2.05) is 20.8 Å². The summed E-state index contributed by atoms with van der Waals surface area (Å²) in [6.45, 7) is 7.75. The van der Waals surface area contributed by atoms with E-state index in [4.69, 9.17) is 27.9 Å². The van der Waals surface area contributed by atoms with Crippen molar-refractivity contribution in [3.63, 3.8) is 0 Å². The molecule has 3 aromatic carbocycles. The molecular formula is C25H26Cl2N2O4S. The average molecular weight is 521 g/mol. The Balaban J connectivity index is 1.62. The Morgan fingerprint density at radius 3 is 2.24 bits per heavy atom. The molecule has 0 heterocycles. The van der Waals surface area contributed by atoms with Crippen molar-refractivity contribution in [2.24, 2.45) is 0 Å². The minimum Gasteiger partial charge on any atom is -0.482 e. The van der Waals surface area contributed by atoms with Gasteiger partial charge in [-0.15, -0.1) is 0 Å². The van der Waals surface area contributed by atoms with Gasteiger partial charge in [-0.25, -0.2) is 8.42 Å². The number of ether oxygens (including phenoxy) is 1. The van der Waals surface area contributed by atoms with Crippen LogP contribution < -0.4 is 14.8 Å². The largest absolute Gasteiger partial charge is 0.482 e. The van der Waals surface area contributed by atoms with E-state index < -0.39 is 10.0 Å². The molecule has 180 valence electrons. The normalized spacial score (nSPS) is 12.2. The van der Waals surface area contributed by atoms with Gasteiger partial charge in [0, 0.05) is 10.7 Å². The molecule has 3 rings (SSSR count). The van der Waals surface area contributed by atoms with Crippen molar-refractivity contribution in [1.82, 2.24) is 5.32 Å². The Kier molecular flexibility index (Phi) is 8.13. The number of aryl methyl sites for hydroxylation is 3. The minimum atomic E-state index is -3.87. The van der Waals surface area contributed by atoms with Crippen molar-refractivity contribution in [2.75, 3.05) is 11.3 Å². The molecule has 34 heavy (non-hydrogen) atoms. The lowest BCUT2D eigenvalue weighted by Crippen LogP contribution is -2.31. The molecule has 0 fully saturated rings. The summed E-state index contributed by atoms with van der Waals surface area (Å²) in [5.41, 5.74) is 4.86. The zero-order valence-electron chi connectivity index (χ0n) is 19.3. The molecule has 0 bridgehead atoms. The van der Waals surface area contributed by atoms with Crippen LogP contribution in [0.2, 0.25) is 10.0 Å². The summed E-state index contributed by atoms with van der Waals surface area (Å²) in [7, 11) is -3.87. The smallest absolute Gasteiger partial charge is 0.261 e. The van der Waals surface area contributed by atoms with Crippen LogP contribution in [-0.2, 0) is 14.8 Å². The zero-order chi connectivity index (χ0) is 25.0. The average Bonchev–Trinajstić information content (AvgIpc) is 2.76. The van der Waals surface area contributed by atoms with Gasteiger partial charge in [0.2, 0.25) is 0 Å². The van der Waals surface area contributed by atoms with Crippen LogP contribution in [0.3, 0.4) is 0 Å². The second-order valence-corrected chi connectivity index (χ2v) is 10.6. The van der Waals surface area contributed by atoms with E-state index >= 15 is 0 Å². The lowest BCUT2D eigenvalue weighted by molar-refractivity contribution is -0.123. The third kappa shape index (κ3) is 6.44. The fourth-order valence-corrected chi connectivity index (χ4v) is 4.96. The number of anilines is 1. The monoisotopic (exact) mass is 520 g/mol. The van der Waals surface area contributed by atoms with Gasteiger partial charge in [-0.1, -0.05) is 35.3 Å². The number of nitrogens with one attached hydrogen (secondary N) is 2. The van der Waals surface area contributed by atoms with E-state index in [0.717, 1.165) is 16.7 Å². The van der Waals surface area contributed by atoms with Crippen LogP contribution in [0.15, 0.2) is 59.5 Å². The molecule has 9 heteroatoms. The summed E-state index contributed by atoms with van der Waals surface area (Å²) in [4.78, 5) is 12.4. The maximum absolute atomic E-state index is 12.6. The van der Waals surface area contributed by atoms with Crippen LogP contribution in [0.25, 0.3) is 0 Å². The number of halogens is 2. The summed E-state index contributed by atoms with van der Waals surface area (Å²) in [5, 5.41) is 3.49. The highest BCUT2D eigenvalue weighted by Gasteiger charge is 2.18. The fraction of sp³-hybridized carbons (Fsp3) is 0.240. The molecule has 1 amide bonds. The van der Waals surface area contributed by atoms with Gasteiger partial charge in [-0.05, 0) is 92.4 Å². The second-order valence-electron chi connectivity index (χ2n) is 8.08. The highest BCUT2D eigenvalue weighted by Crippen LogP contribution is 2.29. The zero-order valence-corrected chi connectivity index (χ0v) is 21.6. The predicted molar refractivity (Wildman–Crippen MR) is 136 cm³/mol. The van der Waals surface area contributed by atoms with E-state index in [0.29, 0.717) is 10.7 Å². The molecule has 0 unspecified atom stereocenters.